The molecule has 0 bridgehead atoms. The Morgan fingerprint density at radius 1 is 1.11 bits per heavy atom. The molecular formula is C15H22N2OS. The highest BCUT2D eigenvalue weighted by atomic mass is 32.1. The van der Waals surface area contributed by atoms with Crippen molar-refractivity contribution in [1.82, 2.24) is 0 Å². The molecule has 2 N–H and O–H groups in total. The van der Waals surface area contributed by atoms with Gasteiger partial charge in [0.25, 0.3) is 0 Å². The summed E-state index contributed by atoms with van der Waals surface area (Å²) in [5, 5.41) is 0. The molecule has 0 spiro atoms. The Labute approximate surface area is 120 Å². The molecule has 0 saturated carbocycles. The summed E-state index contributed by atoms with van der Waals surface area (Å²) >= 11 is 4.98. The lowest BCUT2D eigenvalue weighted by molar-refractivity contribution is -0.133. The van der Waals surface area contributed by atoms with Gasteiger partial charge in [-0.25, -0.2) is 0 Å². The van der Waals surface area contributed by atoms with Crippen LogP contribution in [0.2, 0.25) is 0 Å². The van der Waals surface area contributed by atoms with Crippen LogP contribution in [0.1, 0.15) is 33.3 Å². The highest BCUT2D eigenvalue weighted by Gasteiger charge is 2.38. The fourth-order valence-electron chi connectivity index (χ4n) is 2.81. The molecule has 2 rings (SSSR count). The van der Waals surface area contributed by atoms with Crippen molar-refractivity contribution in [3.05, 3.63) is 29.8 Å². The lowest BCUT2D eigenvalue weighted by Crippen LogP contribution is -2.57. The van der Waals surface area contributed by atoms with Crippen LogP contribution >= 0.6 is 12.2 Å². The second-order valence-electron chi connectivity index (χ2n) is 6.39. The van der Waals surface area contributed by atoms with E-state index in [1.54, 1.807) is 0 Å². The summed E-state index contributed by atoms with van der Waals surface area (Å²) in [7, 11) is 0. The van der Waals surface area contributed by atoms with Gasteiger partial charge in [-0.2, -0.15) is 0 Å². The van der Waals surface area contributed by atoms with Gasteiger partial charge in [-0.3, -0.25) is 0 Å². The Morgan fingerprint density at radius 2 is 1.58 bits per heavy atom. The molecule has 4 heteroatoms. The van der Waals surface area contributed by atoms with Gasteiger partial charge in [-0.15, -0.1) is 0 Å². The summed E-state index contributed by atoms with van der Waals surface area (Å²) in [6.07, 6.45) is 0. The Kier molecular flexibility index (Phi) is 3.58. The first-order chi connectivity index (χ1) is 8.69. The molecule has 1 fully saturated rings. The Bertz CT molecular complexity index is 463. The number of benzene rings is 1. The fraction of sp³-hybridized carbons (Fsp3) is 0.533. The highest BCUT2D eigenvalue weighted by Crippen LogP contribution is 2.31. The molecule has 104 valence electrons. The maximum atomic E-state index is 6.09. The van der Waals surface area contributed by atoms with Gasteiger partial charge in [0.15, 0.2) is 0 Å². The van der Waals surface area contributed by atoms with E-state index in [4.69, 9.17) is 22.7 Å². The summed E-state index contributed by atoms with van der Waals surface area (Å²) < 4.78 is 6.09. The Hall–Kier alpha value is -1.13. The first kappa shape index (κ1) is 14.3. The summed E-state index contributed by atoms with van der Waals surface area (Å²) in [4.78, 5) is 2.79. The van der Waals surface area contributed by atoms with Crippen molar-refractivity contribution >= 4 is 22.9 Å². The molecule has 1 saturated heterocycles. The van der Waals surface area contributed by atoms with Gasteiger partial charge in [0.1, 0.15) is 4.99 Å². The molecule has 19 heavy (non-hydrogen) atoms. The van der Waals surface area contributed by atoms with E-state index in [1.807, 2.05) is 12.1 Å². The molecule has 1 aliphatic rings. The van der Waals surface area contributed by atoms with E-state index in [1.165, 1.54) is 5.69 Å². The van der Waals surface area contributed by atoms with Crippen molar-refractivity contribution in [2.45, 2.75) is 38.9 Å². The number of nitrogens with two attached hydrogens (primary N) is 1. The minimum atomic E-state index is -0.149. The van der Waals surface area contributed by atoms with Gasteiger partial charge in [0.05, 0.1) is 11.2 Å². The average molecular weight is 278 g/mol. The zero-order valence-corrected chi connectivity index (χ0v) is 12.9. The maximum absolute atomic E-state index is 6.09. The quantitative estimate of drug-likeness (QED) is 0.844. The van der Waals surface area contributed by atoms with E-state index >= 15 is 0 Å². The molecule has 0 aliphatic carbocycles. The number of thiocarbonyl (C=S) groups is 1. The Morgan fingerprint density at radius 3 is 2.00 bits per heavy atom. The van der Waals surface area contributed by atoms with E-state index in [2.05, 4.69) is 44.7 Å². The van der Waals surface area contributed by atoms with E-state index in [9.17, 15) is 0 Å². The highest BCUT2D eigenvalue weighted by molar-refractivity contribution is 7.80. The van der Waals surface area contributed by atoms with Crippen molar-refractivity contribution in [3.8, 4) is 0 Å². The Balaban J connectivity index is 2.23. The third-order valence-electron chi connectivity index (χ3n) is 3.21. The lowest BCUT2D eigenvalue weighted by atomic mass is 9.98. The van der Waals surface area contributed by atoms with Gasteiger partial charge in [0, 0.05) is 24.3 Å². The number of rotatable bonds is 2. The van der Waals surface area contributed by atoms with Crippen molar-refractivity contribution in [3.63, 3.8) is 0 Å². The van der Waals surface area contributed by atoms with Crippen LogP contribution in [0.25, 0.3) is 0 Å². The molecule has 0 aromatic heterocycles. The minimum absolute atomic E-state index is 0.149. The molecule has 1 aromatic carbocycles. The van der Waals surface area contributed by atoms with E-state index in [-0.39, 0.29) is 11.2 Å². The third-order valence-corrected chi connectivity index (χ3v) is 3.45. The molecular weight excluding hydrogens is 256 g/mol. The van der Waals surface area contributed by atoms with Crippen LogP contribution in [0.4, 0.5) is 5.69 Å². The maximum Gasteiger partial charge on any atom is 0.103 e. The topological polar surface area (TPSA) is 38.5 Å². The van der Waals surface area contributed by atoms with Crippen LogP contribution in [-0.2, 0) is 4.74 Å². The molecule has 3 nitrogen and oxygen atoms in total. The predicted octanol–water partition coefficient (Wildman–Crippen LogP) is 2.71. The van der Waals surface area contributed by atoms with Crippen molar-refractivity contribution in [2.24, 2.45) is 5.73 Å². The standard InChI is InChI=1S/C15H22N2OS/c1-14(2)9-17(10-15(3,4)18-14)12-7-5-11(6-8-12)13(16)19/h5-8H,9-10H2,1-4H3,(H2,16,19). The van der Waals surface area contributed by atoms with E-state index in [0.717, 1.165) is 18.7 Å². The van der Waals surface area contributed by atoms with Crippen molar-refractivity contribution < 1.29 is 4.74 Å². The molecule has 0 atom stereocenters. The van der Waals surface area contributed by atoms with Crippen LogP contribution in [0, 0.1) is 0 Å². The SMILES string of the molecule is CC1(C)CN(c2ccc(C(N)=S)cc2)CC(C)(C)O1. The molecule has 1 aliphatic heterocycles. The van der Waals surface area contributed by atoms with Gasteiger partial charge in [-0.1, -0.05) is 12.2 Å². The summed E-state index contributed by atoms with van der Waals surface area (Å²) in [5.74, 6) is 0. The van der Waals surface area contributed by atoms with Crippen molar-refractivity contribution in [1.29, 1.82) is 0 Å². The number of hydrogen-bond acceptors (Lipinski definition) is 3. The average Bonchev–Trinajstić information content (AvgIpc) is 2.25. The van der Waals surface area contributed by atoms with E-state index < -0.39 is 0 Å². The summed E-state index contributed by atoms with van der Waals surface area (Å²) in [6, 6.07) is 8.11. The largest absolute Gasteiger partial charge is 0.389 e. The number of hydrogen-bond donors (Lipinski definition) is 1. The van der Waals surface area contributed by atoms with Crippen LogP contribution in [0.15, 0.2) is 24.3 Å². The lowest BCUT2D eigenvalue weighted by Gasteiger charge is -2.48. The zero-order valence-electron chi connectivity index (χ0n) is 12.1. The first-order valence-electron chi connectivity index (χ1n) is 6.54. The minimum Gasteiger partial charge on any atom is -0.389 e. The zero-order chi connectivity index (χ0) is 14.3. The first-order valence-corrected chi connectivity index (χ1v) is 6.94. The number of anilines is 1. The smallest absolute Gasteiger partial charge is 0.103 e. The summed E-state index contributed by atoms with van der Waals surface area (Å²) in [5.41, 5.74) is 7.42. The number of morpholine rings is 1. The number of ether oxygens (including phenoxy) is 1. The van der Waals surface area contributed by atoms with Crippen LogP contribution < -0.4 is 10.6 Å². The van der Waals surface area contributed by atoms with Gasteiger partial charge in [0.2, 0.25) is 0 Å². The van der Waals surface area contributed by atoms with Gasteiger partial charge < -0.3 is 15.4 Å². The van der Waals surface area contributed by atoms with Crippen LogP contribution in [0.5, 0.6) is 0 Å². The molecule has 1 aromatic rings. The molecule has 0 unspecified atom stereocenters. The molecule has 1 heterocycles. The van der Waals surface area contributed by atoms with Gasteiger partial charge >= 0.3 is 0 Å². The second-order valence-corrected chi connectivity index (χ2v) is 6.83. The monoisotopic (exact) mass is 278 g/mol. The van der Waals surface area contributed by atoms with E-state index in [0.29, 0.717) is 4.99 Å². The van der Waals surface area contributed by atoms with Crippen molar-refractivity contribution in [2.75, 3.05) is 18.0 Å². The molecule has 0 radical (unpaired) electrons. The van der Waals surface area contributed by atoms with Gasteiger partial charge in [-0.05, 0) is 52.0 Å². The summed E-state index contributed by atoms with van der Waals surface area (Å²) in [6.45, 7) is 10.3. The second kappa shape index (κ2) is 4.76. The fourth-order valence-corrected chi connectivity index (χ4v) is 2.94. The number of nitrogens with zero attached hydrogens (tertiary/aromatic N) is 1. The predicted molar refractivity (Wildman–Crippen MR) is 83.8 cm³/mol. The third kappa shape index (κ3) is 3.45. The van der Waals surface area contributed by atoms with Crippen LogP contribution in [-0.4, -0.2) is 29.3 Å². The van der Waals surface area contributed by atoms with Crippen LogP contribution in [0.3, 0.4) is 0 Å². The normalized spacial score (nSPS) is 21.2. The molecule has 0 amide bonds.